The molecule has 0 unspecified atom stereocenters. The van der Waals surface area contributed by atoms with Crippen molar-refractivity contribution >= 4 is 19.7 Å². The molecule has 0 saturated carbocycles. The first-order chi connectivity index (χ1) is 8.45. The van der Waals surface area contributed by atoms with Gasteiger partial charge in [-0.05, 0) is 13.3 Å². The van der Waals surface area contributed by atoms with Crippen molar-refractivity contribution < 1.29 is 12.8 Å². The van der Waals surface area contributed by atoms with Crippen LogP contribution in [0.1, 0.15) is 19.0 Å². The van der Waals surface area contributed by atoms with Crippen molar-refractivity contribution in [3.63, 3.8) is 0 Å². The van der Waals surface area contributed by atoms with Crippen LogP contribution in [0.4, 0.5) is 0 Å². The molecular formula is C9H11ClN4O3S. The Hall–Kier alpha value is -1.41. The van der Waals surface area contributed by atoms with Gasteiger partial charge in [-0.2, -0.15) is 0 Å². The quantitative estimate of drug-likeness (QED) is 0.794. The van der Waals surface area contributed by atoms with Crippen LogP contribution < -0.4 is 0 Å². The molecular weight excluding hydrogens is 280 g/mol. The highest BCUT2D eigenvalue weighted by atomic mass is 35.7. The summed E-state index contributed by atoms with van der Waals surface area (Å²) in [7, 11) is 1.38. The molecule has 2 rings (SSSR count). The molecule has 9 heteroatoms. The van der Waals surface area contributed by atoms with Crippen LogP contribution in [0.5, 0.6) is 0 Å². The van der Waals surface area contributed by atoms with Crippen LogP contribution in [0.25, 0.3) is 11.6 Å². The Labute approximate surface area is 108 Å². The Balaban J connectivity index is 2.63. The molecule has 0 saturated heterocycles. The number of aryl methyl sites for hydroxylation is 1. The fraction of sp³-hybridized carbons (Fsp3) is 0.444. The number of rotatable bonds is 4. The summed E-state index contributed by atoms with van der Waals surface area (Å²) in [6, 6.07) is 0. The second-order valence-electron chi connectivity index (χ2n) is 3.66. The minimum absolute atomic E-state index is 0.281. The lowest BCUT2D eigenvalue weighted by molar-refractivity contribution is 0.544. The molecule has 98 valence electrons. The molecule has 7 nitrogen and oxygen atoms in total. The van der Waals surface area contributed by atoms with Gasteiger partial charge in [-0.1, -0.05) is 6.92 Å². The predicted octanol–water partition coefficient (Wildman–Crippen LogP) is 1.58. The minimum atomic E-state index is -3.94. The van der Waals surface area contributed by atoms with Gasteiger partial charge in [0.2, 0.25) is 5.82 Å². The van der Waals surface area contributed by atoms with Crippen molar-refractivity contribution in [3.8, 4) is 11.6 Å². The normalized spacial score (nSPS) is 11.9. The molecule has 0 aliphatic rings. The second kappa shape index (κ2) is 4.69. The first-order valence-corrected chi connectivity index (χ1v) is 7.54. The van der Waals surface area contributed by atoms with E-state index in [4.69, 9.17) is 15.1 Å². The maximum atomic E-state index is 11.4. The van der Waals surface area contributed by atoms with Crippen LogP contribution in [-0.4, -0.2) is 28.2 Å². The third kappa shape index (κ3) is 2.25. The van der Waals surface area contributed by atoms with E-state index >= 15 is 0 Å². The number of oxazole rings is 1. The monoisotopic (exact) mass is 290 g/mol. The van der Waals surface area contributed by atoms with Crippen LogP contribution in [0.3, 0.4) is 0 Å². The summed E-state index contributed by atoms with van der Waals surface area (Å²) in [5.74, 6) is 0.702. The van der Waals surface area contributed by atoms with E-state index in [0.29, 0.717) is 30.2 Å². The Morgan fingerprint density at radius 1 is 1.44 bits per heavy atom. The molecule has 0 aliphatic carbocycles. The molecule has 0 amide bonds. The second-order valence-corrected chi connectivity index (χ2v) is 6.12. The van der Waals surface area contributed by atoms with Gasteiger partial charge in [0.1, 0.15) is 0 Å². The Kier molecular flexibility index (Phi) is 3.40. The summed E-state index contributed by atoms with van der Waals surface area (Å²) < 4.78 is 29.4. The van der Waals surface area contributed by atoms with Gasteiger partial charge < -0.3 is 4.42 Å². The van der Waals surface area contributed by atoms with E-state index in [1.165, 1.54) is 11.0 Å². The summed E-state index contributed by atoms with van der Waals surface area (Å²) in [4.78, 5) is 3.94. The van der Waals surface area contributed by atoms with Crippen LogP contribution in [0.2, 0.25) is 0 Å². The van der Waals surface area contributed by atoms with Crippen molar-refractivity contribution in [2.75, 3.05) is 0 Å². The molecule has 0 aromatic carbocycles. The molecule has 2 heterocycles. The van der Waals surface area contributed by atoms with Gasteiger partial charge in [0.15, 0.2) is 12.2 Å². The molecule has 0 fully saturated rings. The van der Waals surface area contributed by atoms with Crippen molar-refractivity contribution in [3.05, 3.63) is 12.1 Å². The summed E-state index contributed by atoms with van der Waals surface area (Å²) >= 11 is 0. The molecule has 0 spiro atoms. The average Bonchev–Trinajstić information content (AvgIpc) is 2.84. The number of hydrogen-bond acceptors (Lipinski definition) is 6. The molecule has 2 aromatic heterocycles. The zero-order chi connectivity index (χ0) is 13.3. The maximum absolute atomic E-state index is 11.4. The maximum Gasteiger partial charge on any atom is 0.296 e. The van der Waals surface area contributed by atoms with Crippen LogP contribution in [0, 0.1) is 6.92 Å². The van der Waals surface area contributed by atoms with E-state index < -0.39 is 9.05 Å². The topological polar surface area (TPSA) is 90.9 Å². The Morgan fingerprint density at radius 3 is 2.67 bits per heavy atom. The van der Waals surface area contributed by atoms with E-state index in [1.807, 2.05) is 6.92 Å². The van der Waals surface area contributed by atoms with Crippen molar-refractivity contribution in [1.29, 1.82) is 0 Å². The molecule has 0 radical (unpaired) electrons. The number of aromatic nitrogens is 4. The van der Waals surface area contributed by atoms with E-state index in [9.17, 15) is 8.42 Å². The average molecular weight is 291 g/mol. The fourth-order valence-corrected chi connectivity index (χ4v) is 2.50. The highest BCUT2D eigenvalue weighted by molar-refractivity contribution is 8.13. The molecule has 0 aliphatic heterocycles. The molecule has 2 aromatic rings. The van der Waals surface area contributed by atoms with E-state index in [2.05, 4.69) is 15.2 Å². The van der Waals surface area contributed by atoms with Crippen LogP contribution >= 0.6 is 10.7 Å². The van der Waals surface area contributed by atoms with Crippen LogP contribution in [-0.2, 0) is 15.6 Å². The van der Waals surface area contributed by atoms with E-state index in [1.54, 1.807) is 6.92 Å². The van der Waals surface area contributed by atoms with Crippen molar-refractivity contribution in [1.82, 2.24) is 19.7 Å². The van der Waals surface area contributed by atoms with Gasteiger partial charge in [0.25, 0.3) is 14.2 Å². The van der Waals surface area contributed by atoms with Gasteiger partial charge in [-0.25, -0.2) is 13.4 Å². The predicted molar refractivity (Wildman–Crippen MR) is 63.6 cm³/mol. The lowest BCUT2D eigenvalue weighted by Gasteiger charge is -2.05. The van der Waals surface area contributed by atoms with E-state index in [-0.39, 0.29) is 5.16 Å². The lowest BCUT2D eigenvalue weighted by atomic mass is 10.3. The third-order valence-corrected chi connectivity index (χ3v) is 3.48. The molecule has 18 heavy (non-hydrogen) atoms. The van der Waals surface area contributed by atoms with Gasteiger partial charge in [0, 0.05) is 17.2 Å². The highest BCUT2D eigenvalue weighted by Gasteiger charge is 2.25. The fourth-order valence-electron chi connectivity index (χ4n) is 1.58. The molecule has 0 bridgehead atoms. The van der Waals surface area contributed by atoms with Gasteiger partial charge in [-0.15, -0.1) is 10.2 Å². The number of nitrogens with zero attached hydrogens (tertiary/aromatic N) is 4. The first-order valence-electron chi connectivity index (χ1n) is 5.23. The Bertz CT molecular complexity index is 661. The lowest BCUT2D eigenvalue weighted by Crippen LogP contribution is -2.07. The van der Waals surface area contributed by atoms with Crippen molar-refractivity contribution in [2.24, 2.45) is 0 Å². The molecule has 0 atom stereocenters. The smallest absolute Gasteiger partial charge is 0.296 e. The zero-order valence-corrected chi connectivity index (χ0v) is 11.4. The minimum Gasteiger partial charge on any atom is -0.440 e. The van der Waals surface area contributed by atoms with Gasteiger partial charge in [0.05, 0.1) is 5.69 Å². The highest BCUT2D eigenvalue weighted by Crippen LogP contribution is 2.24. The number of halogens is 1. The van der Waals surface area contributed by atoms with Crippen LogP contribution in [0.15, 0.2) is 16.0 Å². The molecule has 0 N–H and O–H groups in total. The Morgan fingerprint density at radius 2 is 2.17 bits per heavy atom. The summed E-state index contributed by atoms with van der Waals surface area (Å²) in [5, 5.41) is 7.15. The zero-order valence-electron chi connectivity index (χ0n) is 9.79. The number of hydrogen-bond donors (Lipinski definition) is 0. The largest absolute Gasteiger partial charge is 0.440 e. The summed E-state index contributed by atoms with van der Waals surface area (Å²) in [6.07, 6.45) is 1.97. The van der Waals surface area contributed by atoms with Crippen molar-refractivity contribution in [2.45, 2.75) is 32.0 Å². The standard InChI is InChI=1S/C9H11ClN4O3S/c1-3-4-14-8(7-6(2)11-5-17-7)12-13-9(14)18(10,15)16/h5H,3-4H2,1-2H3. The first kappa shape index (κ1) is 13.0. The van der Waals surface area contributed by atoms with Gasteiger partial charge in [-0.3, -0.25) is 4.57 Å². The third-order valence-electron chi connectivity index (χ3n) is 2.33. The van der Waals surface area contributed by atoms with E-state index in [0.717, 1.165) is 0 Å². The summed E-state index contributed by atoms with van der Waals surface area (Å²) in [6.45, 7) is 4.06. The van der Waals surface area contributed by atoms with Gasteiger partial charge >= 0.3 is 0 Å². The SMILES string of the molecule is CCCn1c(-c2ocnc2C)nnc1S(=O)(=O)Cl. The summed E-state index contributed by atoms with van der Waals surface area (Å²) in [5.41, 5.74) is 0.610.